The molecule has 1 saturated heterocycles. The molecule has 1 aromatic heterocycles. The van der Waals surface area contributed by atoms with Gasteiger partial charge in [0.2, 0.25) is 0 Å². The molecular formula is C18H22N2. The quantitative estimate of drug-likeness (QED) is 0.899. The van der Waals surface area contributed by atoms with Gasteiger partial charge in [0.25, 0.3) is 0 Å². The van der Waals surface area contributed by atoms with Gasteiger partial charge in [-0.2, -0.15) is 0 Å². The van der Waals surface area contributed by atoms with Crippen molar-refractivity contribution in [1.29, 1.82) is 0 Å². The van der Waals surface area contributed by atoms with Crippen molar-refractivity contribution in [1.82, 2.24) is 9.88 Å². The van der Waals surface area contributed by atoms with Crippen LogP contribution in [0.1, 0.15) is 37.2 Å². The van der Waals surface area contributed by atoms with E-state index in [9.17, 15) is 0 Å². The molecule has 2 heterocycles. The Kier molecular flexibility index (Phi) is 2.21. The number of nitrogens with one attached hydrogen (secondary N) is 1. The maximum Gasteiger partial charge on any atom is 0.0515 e. The molecule has 5 rings (SSSR count). The average molecular weight is 266 g/mol. The second-order valence-corrected chi connectivity index (χ2v) is 7.41. The van der Waals surface area contributed by atoms with Crippen LogP contribution >= 0.6 is 0 Å². The second-order valence-electron chi connectivity index (χ2n) is 7.41. The summed E-state index contributed by atoms with van der Waals surface area (Å²) >= 11 is 0. The molecule has 3 fully saturated rings. The number of nitrogens with zero attached hydrogens (tertiary/aromatic N) is 1. The van der Waals surface area contributed by atoms with E-state index in [-0.39, 0.29) is 0 Å². The highest BCUT2D eigenvalue weighted by molar-refractivity contribution is 5.84. The monoisotopic (exact) mass is 266 g/mol. The zero-order valence-corrected chi connectivity index (χ0v) is 11.9. The van der Waals surface area contributed by atoms with E-state index >= 15 is 0 Å². The molecule has 0 unspecified atom stereocenters. The molecule has 2 aromatic rings. The van der Waals surface area contributed by atoms with E-state index in [1.165, 1.54) is 56.2 Å². The highest BCUT2D eigenvalue weighted by atomic mass is 15.0. The highest BCUT2D eigenvalue weighted by Crippen LogP contribution is 2.54. The van der Waals surface area contributed by atoms with Gasteiger partial charge in [-0.05, 0) is 60.0 Å². The number of fused-ring (bicyclic) bond motifs is 1. The van der Waals surface area contributed by atoms with Crippen LogP contribution in [0, 0.1) is 11.3 Å². The molecule has 0 bridgehead atoms. The molecule has 1 N–H and O–H groups in total. The summed E-state index contributed by atoms with van der Waals surface area (Å²) in [6.07, 6.45) is 7.97. The van der Waals surface area contributed by atoms with Crippen LogP contribution < -0.4 is 5.32 Å². The van der Waals surface area contributed by atoms with Crippen LogP contribution in [0.15, 0.2) is 30.5 Å². The Hall–Kier alpha value is -1.28. The second kappa shape index (κ2) is 3.88. The van der Waals surface area contributed by atoms with E-state index in [1.54, 1.807) is 5.56 Å². The van der Waals surface area contributed by atoms with Gasteiger partial charge in [-0.25, -0.2) is 0 Å². The van der Waals surface area contributed by atoms with Crippen LogP contribution in [0.3, 0.4) is 0 Å². The van der Waals surface area contributed by atoms with Crippen molar-refractivity contribution < 1.29 is 0 Å². The van der Waals surface area contributed by atoms with Gasteiger partial charge in [0.1, 0.15) is 0 Å². The summed E-state index contributed by atoms with van der Waals surface area (Å²) in [5.41, 5.74) is 3.82. The third-order valence-electron chi connectivity index (χ3n) is 5.77. The van der Waals surface area contributed by atoms with Crippen molar-refractivity contribution in [3.05, 3.63) is 36.0 Å². The smallest absolute Gasteiger partial charge is 0.0515 e. The van der Waals surface area contributed by atoms with E-state index in [2.05, 4.69) is 40.3 Å². The summed E-state index contributed by atoms with van der Waals surface area (Å²) in [6.45, 7) is 3.74. The molecule has 2 heteroatoms. The number of hydrogen-bond acceptors (Lipinski definition) is 1. The summed E-state index contributed by atoms with van der Waals surface area (Å²) in [7, 11) is 0. The van der Waals surface area contributed by atoms with E-state index in [0.29, 0.717) is 5.41 Å². The molecule has 2 nitrogen and oxygen atoms in total. The van der Waals surface area contributed by atoms with E-state index in [4.69, 9.17) is 0 Å². The van der Waals surface area contributed by atoms with E-state index < -0.39 is 0 Å². The standard InChI is InChI=1S/C18H22N2/c1-2-14-6-7-20(10-13-4-5-13)17(14)16(3-1)15-8-18(9-15)11-19-12-18/h1-3,6-7,13,15,19H,4-5,8-12H2. The minimum absolute atomic E-state index is 0.667. The van der Waals surface area contributed by atoms with Crippen LogP contribution in [0.25, 0.3) is 10.9 Å². The minimum Gasteiger partial charge on any atom is -0.347 e. The largest absolute Gasteiger partial charge is 0.347 e. The van der Waals surface area contributed by atoms with Crippen molar-refractivity contribution in [2.24, 2.45) is 11.3 Å². The minimum atomic E-state index is 0.667. The zero-order valence-electron chi connectivity index (χ0n) is 11.9. The molecule has 1 spiro atoms. The fourth-order valence-electron chi connectivity index (χ4n) is 4.32. The summed E-state index contributed by atoms with van der Waals surface area (Å²) in [5.74, 6) is 1.75. The Morgan fingerprint density at radius 2 is 2.00 bits per heavy atom. The highest BCUT2D eigenvalue weighted by Gasteiger charge is 2.49. The fourth-order valence-corrected chi connectivity index (χ4v) is 4.32. The van der Waals surface area contributed by atoms with Gasteiger partial charge in [-0.15, -0.1) is 0 Å². The predicted octanol–water partition coefficient (Wildman–Crippen LogP) is 3.52. The number of rotatable bonds is 3. The first-order chi connectivity index (χ1) is 9.83. The SMILES string of the molecule is c1cc(C2CC3(CNC3)C2)c2c(c1)ccn2CC1CC1. The fraction of sp³-hybridized carbons (Fsp3) is 0.556. The van der Waals surface area contributed by atoms with Crippen LogP contribution in [0.4, 0.5) is 0 Å². The first-order valence-corrected chi connectivity index (χ1v) is 8.12. The van der Waals surface area contributed by atoms with Crippen LogP contribution in [-0.2, 0) is 6.54 Å². The molecule has 2 aliphatic carbocycles. The maximum absolute atomic E-state index is 3.45. The van der Waals surface area contributed by atoms with Crippen molar-refractivity contribution in [3.63, 3.8) is 0 Å². The van der Waals surface area contributed by atoms with Gasteiger partial charge in [0.05, 0.1) is 5.52 Å². The van der Waals surface area contributed by atoms with Crippen LogP contribution in [-0.4, -0.2) is 17.7 Å². The lowest BCUT2D eigenvalue weighted by atomic mass is 9.57. The number of aromatic nitrogens is 1. The van der Waals surface area contributed by atoms with Crippen molar-refractivity contribution in [2.75, 3.05) is 13.1 Å². The first-order valence-electron chi connectivity index (χ1n) is 8.12. The Bertz CT molecular complexity index is 653. The summed E-state index contributed by atoms with van der Waals surface area (Å²) in [4.78, 5) is 0. The third-order valence-corrected chi connectivity index (χ3v) is 5.77. The van der Waals surface area contributed by atoms with Crippen LogP contribution in [0.2, 0.25) is 0 Å². The lowest BCUT2D eigenvalue weighted by Crippen LogP contribution is -2.59. The molecule has 3 aliphatic rings. The molecule has 1 aliphatic heterocycles. The molecule has 2 saturated carbocycles. The Morgan fingerprint density at radius 1 is 1.15 bits per heavy atom. The number of hydrogen-bond donors (Lipinski definition) is 1. The number of benzene rings is 1. The van der Waals surface area contributed by atoms with E-state index in [1.807, 2.05) is 0 Å². The normalized spacial score (nSPS) is 24.8. The first kappa shape index (κ1) is 11.4. The topological polar surface area (TPSA) is 17.0 Å². The Labute approximate surface area is 120 Å². The van der Waals surface area contributed by atoms with Gasteiger partial charge in [0, 0.05) is 25.8 Å². The zero-order chi connectivity index (χ0) is 13.2. The number of para-hydroxylation sites is 1. The molecule has 104 valence electrons. The van der Waals surface area contributed by atoms with Gasteiger partial charge in [-0.3, -0.25) is 0 Å². The van der Waals surface area contributed by atoms with E-state index in [0.717, 1.165) is 11.8 Å². The molecular weight excluding hydrogens is 244 g/mol. The average Bonchev–Trinajstić information content (AvgIpc) is 3.06. The molecule has 1 aromatic carbocycles. The lowest BCUT2D eigenvalue weighted by Gasteiger charge is -2.54. The molecule has 0 amide bonds. The van der Waals surface area contributed by atoms with Crippen LogP contribution in [0.5, 0.6) is 0 Å². The molecule has 0 radical (unpaired) electrons. The lowest BCUT2D eigenvalue weighted by molar-refractivity contribution is 0.0367. The summed E-state index contributed by atoms with van der Waals surface area (Å²) in [5, 5.41) is 4.89. The van der Waals surface area contributed by atoms with Gasteiger partial charge in [-0.1, -0.05) is 18.2 Å². The predicted molar refractivity (Wildman–Crippen MR) is 81.9 cm³/mol. The van der Waals surface area contributed by atoms with Gasteiger partial charge in [0.15, 0.2) is 0 Å². The molecule has 0 atom stereocenters. The van der Waals surface area contributed by atoms with Gasteiger partial charge >= 0.3 is 0 Å². The maximum atomic E-state index is 3.45. The summed E-state index contributed by atoms with van der Waals surface area (Å²) in [6, 6.07) is 9.22. The van der Waals surface area contributed by atoms with Crippen molar-refractivity contribution >= 4 is 10.9 Å². The molecule has 20 heavy (non-hydrogen) atoms. The van der Waals surface area contributed by atoms with Gasteiger partial charge < -0.3 is 9.88 Å². The van der Waals surface area contributed by atoms with Crippen molar-refractivity contribution in [3.8, 4) is 0 Å². The summed E-state index contributed by atoms with van der Waals surface area (Å²) < 4.78 is 2.53. The van der Waals surface area contributed by atoms with Crippen molar-refractivity contribution in [2.45, 2.75) is 38.1 Å². The Morgan fingerprint density at radius 3 is 2.70 bits per heavy atom. The third kappa shape index (κ3) is 1.61. The Balaban J connectivity index is 1.52.